The molecule has 1 aliphatic carbocycles. The molecule has 5 rings (SSSR count). The van der Waals surface area contributed by atoms with E-state index in [9.17, 15) is 9.18 Å². The van der Waals surface area contributed by atoms with Crippen molar-refractivity contribution in [1.29, 1.82) is 0 Å². The molecule has 1 amide bonds. The molecular weight excluding hydrogens is 381 g/mol. The standard InChI is InChI=1S/C23H28FN5O/c24-19-4-1-3-17(13-19)21-14-18-7-8-27(15-22(18)26-25-21)16-23(30)29-11-9-28(10-12-29)20-5-2-6-20/h1,3-4,13-14,20H,2,5-12,15-16H2. The molecule has 2 fully saturated rings. The predicted molar refractivity (Wildman–Crippen MR) is 112 cm³/mol. The summed E-state index contributed by atoms with van der Waals surface area (Å²) >= 11 is 0. The number of hydrogen-bond acceptors (Lipinski definition) is 5. The first-order valence-corrected chi connectivity index (χ1v) is 11.0. The molecule has 0 unspecified atom stereocenters. The van der Waals surface area contributed by atoms with Gasteiger partial charge < -0.3 is 4.90 Å². The highest BCUT2D eigenvalue weighted by Crippen LogP contribution is 2.26. The van der Waals surface area contributed by atoms with E-state index < -0.39 is 0 Å². The monoisotopic (exact) mass is 409 g/mol. The summed E-state index contributed by atoms with van der Waals surface area (Å²) in [5.41, 5.74) is 3.50. The number of carbonyl (C=O) groups is 1. The largest absolute Gasteiger partial charge is 0.339 e. The van der Waals surface area contributed by atoms with Crippen LogP contribution in [-0.4, -0.2) is 76.1 Å². The van der Waals surface area contributed by atoms with E-state index in [-0.39, 0.29) is 11.7 Å². The number of carbonyl (C=O) groups excluding carboxylic acids is 1. The highest BCUT2D eigenvalue weighted by atomic mass is 19.1. The zero-order valence-electron chi connectivity index (χ0n) is 17.3. The van der Waals surface area contributed by atoms with Gasteiger partial charge in [-0.3, -0.25) is 14.6 Å². The first-order chi connectivity index (χ1) is 14.7. The van der Waals surface area contributed by atoms with E-state index in [1.165, 1.54) is 31.4 Å². The van der Waals surface area contributed by atoms with E-state index in [0.29, 0.717) is 18.8 Å². The summed E-state index contributed by atoms with van der Waals surface area (Å²) in [6.07, 6.45) is 4.83. The smallest absolute Gasteiger partial charge is 0.236 e. The Morgan fingerprint density at radius 1 is 1.07 bits per heavy atom. The van der Waals surface area contributed by atoms with Crippen LogP contribution >= 0.6 is 0 Å². The van der Waals surface area contributed by atoms with Crippen LogP contribution in [0.4, 0.5) is 4.39 Å². The summed E-state index contributed by atoms with van der Waals surface area (Å²) in [4.78, 5) is 19.5. The molecule has 0 spiro atoms. The average molecular weight is 410 g/mol. The van der Waals surface area contributed by atoms with Gasteiger partial charge in [0.1, 0.15) is 5.82 Å². The highest BCUT2D eigenvalue weighted by molar-refractivity contribution is 5.78. The Bertz CT molecular complexity index is 924. The second-order valence-corrected chi connectivity index (χ2v) is 8.67. The molecule has 0 atom stereocenters. The van der Waals surface area contributed by atoms with Crippen molar-refractivity contribution in [1.82, 2.24) is 24.9 Å². The molecule has 30 heavy (non-hydrogen) atoms. The van der Waals surface area contributed by atoms with Gasteiger partial charge in [-0.1, -0.05) is 18.6 Å². The van der Waals surface area contributed by atoms with Gasteiger partial charge in [0.15, 0.2) is 0 Å². The molecule has 7 heteroatoms. The van der Waals surface area contributed by atoms with Gasteiger partial charge >= 0.3 is 0 Å². The maximum absolute atomic E-state index is 13.5. The van der Waals surface area contributed by atoms with Crippen molar-refractivity contribution in [3.05, 3.63) is 47.4 Å². The Hall–Kier alpha value is -2.38. The molecule has 6 nitrogen and oxygen atoms in total. The zero-order valence-corrected chi connectivity index (χ0v) is 17.3. The lowest BCUT2D eigenvalue weighted by Crippen LogP contribution is -2.55. The SMILES string of the molecule is O=C(CN1CCc2cc(-c3cccc(F)c3)nnc2C1)N1CCN(C2CCC2)CC1. The van der Waals surface area contributed by atoms with Crippen molar-refractivity contribution in [2.75, 3.05) is 39.3 Å². The first-order valence-electron chi connectivity index (χ1n) is 11.0. The number of halogens is 1. The molecule has 3 heterocycles. The van der Waals surface area contributed by atoms with Crippen LogP contribution in [0, 0.1) is 5.82 Å². The Balaban J connectivity index is 1.17. The Morgan fingerprint density at radius 3 is 2.63 bits per heavy atom. The van der Waals surface area contributed by atoms with Gasteiger partial charge in [0, 0.05) is 50.9 Å². The molecule has 1 saturated carbocycles. The molecule has 1 saturated heterocycles. The third kappa shape index (κ3) is 4.09. The van der Waals surface area contributed by atoms with Crippen LogP contribution in [0.15, 0.2) is 30.3 Å². The number of fused-ring (bicyclic) bond motifs is 1. The molecule has 0 radical (unpaired) electrons. The van der Waals surface area contributed by atoms with Crippen molar-refractivity contribution in [2.24, 2.45) is 0 Å². The van der Waals surface area contributed by atoms with E-state index in [4.69, 9.17) is 0 Å². The Kier molecular flexibility index (Phi) is 5.48. The summed E-state index contributed by atoms with van der Waals surface area (Å²) in [5.74, 6) is -0.0544. The zero-order chi connectivity index (χ0) is 20.5. The highest BCUT2D eigenvalue weighted by Gasteiger charge is 2.30. The molecular formula is C23H28FN5O. The van der Waals surface area contributed by atoms with Crippen molar-refractivity contribution in [2.45, 2.75) is 38.3 Å². The molecule has 2 aromatic rings. The van der Waals surface area contributed by atoms with Crippen molar-refractivity contribution < 1.29 is 9.18 Å². The van der Waals surface area contributed by atoms with Gasteiger partial charge in [0.05, 0.1) is 17.9 Å². The molecule has 1 aromatic carbocycles. The normalized spacial score (nSPS) is 20.6. The summed E-state index contributed by atoms with van der Waals surface area (Å²) in [5, 5.41) is 8.70. The maximum atomic E-state index is 13.5. The topological polar surface area (TPSA) is 52.6 Å². The lowest BCUT2D eigenvalue weighted by atomic mass is 9.91. The first kappa shape index (κ1) is 19.6. The number of amides is 1. The Labute approximate surface area is 176 Å². The fourth-order valence-electron chi connectivity index (χ4n) is 4.68. The molecule has 1 aromatic heterocycles. The minimum absolute atomic E-state index is 0.219. The number of aromatic nitrogens is 2. The van der Waals surface area contributed by atoms with Crippen molar-refractivity contribution in [3.63, 3.8) is 0 Å². The average Bonchev–Trinajstić information content (AvgIpc) is 2.72. The lowest BCUT2D eigenvalue weighted by Gasteiger charge is -2.43. The van der Waals surface area contributed by atoms with E-state index in [1.807, 2.05) is 17.0 Å². The van der Waals surface area contributed by atoms with Crippen LogP contribution in [0.2, 0.25) is 0 Å². The second kappa shape index (κ2) is 8.40. The van der Waals surface area contributed by atoms with Crippen LogP contribution in [0.5, 0.6) is 0 Å². The minimum atomic E-state index is -0.273. The van der Waals surface area contributed by atoms with Crippen LogP contribution in [0.25, 0.3) is 11.3 Å². The number of piperazine rings is 1. The number of hydrogen-bond donors (Lipinski definition) is 0. The van der Waals surface area contributed by atoms with E-state index in [0.717, 1.165) is 62.0 Å². The van der Waals surface area contributed by atoms with Gasteiger partial charge in [-0.05, 0) is 43.0 Å². The number of benzene rings is 1. The van der Waals surface area contributed by atoms with E-state index in [1.54, 1.807) is 6.07 Å². The van der Waals surface area contributed by atoms with Gasteiger partial charge in [0.2, 0.25) is 5.91 Å². The van der Waals surface area contributed by atoms with Gasteiger partial charge in [-0.25, -0.2) is 4.39 Å². The van der Waals surface area contributed by atoms with Crippen LogP contribution in [0.3, 0.4) is 0 Å². The minimum Gasteiger partial charge on any atom is -0.339 e. The van der Waals surface area contributed by atoms with Crippen molar-refractivity contribution >= 4 is 5.91 Å². The fourth-order valence-corrected chi connectivity index (χ4v) is 4.68. The third-order valence-electron chi connectivity index (χ3n) is 6.77. The number of rotatable bonds is 4. The molecule has 3 aliphatic rings. The summed E-state index contributed by atoms with van der Waals surface area (Å²) < 4.78 is 13.5. The molecule has 158 valence electrons. The van der Waals surface area contributed by atoms with Crippen LogP contribution in [-0.2, 0) is 17.8 Å². The maximum Gasteiger partial charge on any atom is 0.236 e. The van der Waals surface area contributed by atoms with Gasteiger partial charge in [0.25, 0.3) is 0 Å². The fraction of sp³-hybridized carbons (Fsp3) is 0.522. The van der Waals surface area contributed by atoms with Crippen molar-refractivity contribution in [3.8, 4) is 11.3 Å². The second-order valence-electron chi connectivity index (χ2n) is 8.67. The quantitative estimate of drug-likeness (QED) is 0.776. The summed E-state index contributed by atoms with van der Waals surface area (Å²) in [6.45, 7) is 5.61. The van der Waals surface area contributed by atoms with Gasteiger partial charge in [-0.2, -0.15) is 10.2 Å². The van der Waals surface area contributed by atoms with E-state index in [2.05, 4.69) is 20.0 Å². The molecule has 0 bridgehead atoms. The van der Waals surface area contributed by atoms with Crippen LogP contribution in [0.1, 0.15) is 30.5 Å². The lowest BCUT2D eigenvalue weighted by molar-refractivity contribution is -0.135. The van der Waals surface area contributed by atoms with E-state index >= 15 is 0 Å². The predicted octanol–water partition coefficient (Wildman–Crippen LogP) is 2.34. The third-order valence-corrected chi connectivity index (χ3v) is 6.77. The van der Waals surface area contributed by atoms with Gasteiger partial charge in [-0.15, -0.1) is 0 Å². The molecule has 0 N–H and O–H groups in total. The Morgan fingerprint density at radius 2 is 1.90 bits per heavy atom. The summed E-state index contributed by atoms with van der Waals surface area (Å²) in [6, 6.07) is 9.21. The van der Waals surface area contributed by atoms with Crippen LogP contribution < -0.4 is 0 Å². The number of nitrogens with zero attached hydrogens (tertiary/aromatic N) is 5. The summed E-state index contributed by atoms with van der Waals surface area (Å²) in [7, 11) is 0. The molecule has 2 aliphatic heterocycles.